The number of ether oxygens (including phenoxy) is 1. The van der Waals surface area contributed by atoms with Crippen molar-refractivity contribution in [2.45, 2.75) is 6.10 Å². The van der Waals surface area contributed by atoms with Crippen molar-refractivity contribution in [2.24, 2.45) is 5.92 Å². The molecule has 23 heavy (non-hydrogen) atoms. The summed E-state index contributed by atoms with van der Waals surface area (Å²) < 4.78 is 5.67. The predicted molar refractivity (Wildman–Crippen MR) is 90.4 cm³/mol. The van der Waals surface area contributed by atoms with Gasteiger partial charge < -0.3 is 4.74 Å². The van der Waals surface area contributed by atoms with Crippen molar-refractivity contribution >= 4 is 12.0 Å². The Kier molecular flexibility index (Phi) is 3.43. The molecular weight excluding hydrogens is 284 g/mol. The van der Waals surface area contributed by atoms with Crippen molar-refractivity contribution < 1.29 is 9.53 Å². The standard InChI is InChI=1S/C21H16O2/c22-21-18-13-7-12-17(14-15-8-3-1-4-9-15)19(18)20(23-21)16-10-5-2-6-11-16/h1-14,19-20H. The Morgan fingerprint density at radius 3 is 2.35 bits per heavy atom. The van der Waals surface area contributed by atoms with Gasteiger partial charge in [-0.3, -0.25) is 0 Å². The van der Waals surface area contributed by atoms with Crippen molar-refractivity contribution in [1.82, 2.24) is 0 Å². The summed E-state index contributed by atoms with van der Waals surface area (Å²) in [5.41, 5.74) is 4.00. The molecule has 0 spiro atoms. The first-order valence-corrected chi connectivity index (χ1v) is 7.74. The average molecular weight is 300 g/mol. The highest BCUT2D eigenvalue weighted by Crippen LogP contribution is 2.45. The quantitative estimate of drug-likeness (QED) is 0.764. The van der Waals surface area contributed by atoms with Crippen molar-refractivity contribution in [3.8, 4) is 0 Å². The molecule has 2 aliphatic rings. The smallest absolute Gasteiger partial charge is 0.335 e. The van der Waals surface area contributed by atoms with Gasteiger partial charge in [-0.15, -0.1) is 0 Å². The van der Waals surface area contributed by atoms with E-state index in [2.05, 4.69) is 24.3 Å². The van der Waals surface area contributed by atoms with Crippen molar-refractivity contribution in [3.05, 3.63) is 101 Å². The van der Waals surface area contributed by atoms with Crippen molar-refractivity contribution in [3.63, 3.8) is 0 Å². The molecule has 1 heterocycles. The zero-order chi connectivity index (χ0) is 15.6. The van der Waals surface area contributed by atoms with Crippen molar-refractivity contribution in [2.75, 3.05) is 0 Å². The van der Waals surface area contributed by atoms with Crippen LogP contribution in [0.2, 0.25) is 0 Å². The summed E-state index contributed by atoms with van der Waals surface area (Å²) in [6.07, 6.45) is 7.74. The van der Waals surface area contributed by atoms with E-state index in [-0.39, 0.29) is 18.0 Å². The second-order valence-electron chi connectivity index (χ2n) is 5.75. The lowest BCUT2D eigenvalue weighted by atomic mass is 9.81. The van der Waals surface area contributed by atoms with Crippen LogP contribution in [-0.2, 0) is 9.53 Å². The third-order valence-electron chi connectivity index (χ3n) is 4.29. The molecule has 2 nitrogen and oxygen atoms in total. The minimum atomic E-state index is -0.255. The summed E-state index contributed by atoms with van der Waals surface area (Å²) in [7, 11) is 0. The lowest BCUT2D eigenvalue weighted by molar-refractivity contribution is -0.139. The minimum absolute atomic E-state index is 0.0462. The molecule has 1 saturated heterocycles. The van der Waals surface area contributed by atoms with Gasteiger partial charge in [-0.1, -0.05) is 85.0 Å². The van der Waals surface area contributed by atoms with Gasteiger partial charge in [-0.2, -0.15) is 0 Å². The average Bonchev–Trinajstić information content (AvgIpc) is 2.95. The number of fused-ring (bicyclic) bond motifs is 1. The molecule has 2 heteroatoms. The SMILES string of the molecule is O=C1OC(c2ccccc2)C2C(=Cc3ccccc3)C=CC=C12. The summed E-state index contributed by atoms with van der Waals surface area (Å²) in [6.45, 7) is 0. The highest BCUT2D eigenvalue weighted by molar-refractivity contribution is 5.94. The van der Waals surface area contributed by atoms with Gasteiger partial charge in [0.05, 0.1) is 5.92 Å². The fourth-order valence-corrected chi connectivity index (χ4v) is 3.22. The molecule has 2 aromatic rings. The Morgan fingerprint density at radius 1 is 0.913 bits per heavy atom. The maximum Gasteiger partial charge on any atom is 0.335 e. The maximum absolute atomic E-state index is 12.2. The fourth-order valence-electron chi connectivity index (χ4n) is 3.22. The number of cyclic esters (lactones) is 1. The first kappa shape index (κ1) is 13.8. The summed E-state index contributed by atoms with van der Waals surface area (Å²) >= 11 is 0. The van der Waals surface area contributed by atoms with Crippen LogP contribution in [0, 0.1) is 5.92 Å². The molecule has 0 saturated carbocycles. The van der Waals surface area contributed by atoms with Crippen molar-refractivity contribution in [1.29, 1.82) is 0 Å². The van der Waals surface area contributed by atoms with E-state index in [1.807, 2.05) is 60.7 Å². The Balaban J connectivity index is 1.77. The van der Waals surface area contributed by atoms with Crippen LogP contribution in [0.5, 0.6) is 0 Å². The van der Waals surface area contributed by atoms with Crippen LogP contribution in [0.4, 0.5) is 0 Å². The van der Waals surface area contributed by atoms with Gasteiger partial charge in [-0.05, 0) is 16.7 Å². The monoisotopic (exact) mass is 300 g/mol. The normalized spacial score (nSPS) is 24.3. The molecule has 0 amide bonds. The highest BCUT2D eigenvalue weighted by Gasteiger charge is 2.42. The van der Waals surface area contributed by atoms with E-state index in [4.69, 9.17) is 4.74 Å². The summed E-state index contributed by atoms with van der Waals surface area (Å²) in [5.74, 6) is -0.262. The first-order chi connectivity index (χ1) is 11.3. The molecule has 1 aliphatic carbocycles. The molecule has 112 valence electrons. The number of hydrogen-bond donors (Lipinski definition) is 0. The van der Waals surface area contributed by atoms with Crippen LogP contribution in [-0.4, -0.2) is 5.97 Å². The zero-order valence-corrected chi connectivity index (χ0v) is 12.6. The van der Waals surface area contributed by atoms with Gasteiger partial charge >= 0.3 is 5.97 Å². The number of esters is 1. The number of allylic oxidation sites excluding steroid dienone is 3. The van der Waals surface area contributed by atoms with Crippen LogP contribution in [0.15, 0.2) is 90.0 Å². The lowest BCUT2D eigenvalue weighted by Crippen LogP contribution is -2.12. The van der Waals surface area contributed by atoms with Gasteiger partial charge in [0.2, 0.25) is 0 Å². The topological polar surface area (TPSA) is 26.3 Å². The molecule has 1 fully saturated rings. The Morgan fingerprint density at radius 2 is 1.61 bits per heavy atom. The fraction of sp³-hybridized carbons (Fsp3) is 0.0952. The second kappa shape index (κ2) is 5.73. The number of carbonyl (C=O) groups is 1. The highest BCUT2D eigenvalue weighted by atomic mass is 16.6. The molecule has 0 radical (unpaired) electrons. The number of carbonyl (C=O) groups excluding carboxylic acids is 1. The third kappa shape index (κ3) is 2.53. The van der Waals surface area contributed by atoms with E-state index >= 15 is 0 Å². The van der Waals surface area contributed by atoms with E-state index < -0.39 is 0 Å². The Hall–Kier alpha value is -2.87. The van der Waals surface area contributed by atoms with Gasteiger partial charge in [0.25, 0.3) is 0 Å². The van der Waals surface area contributed by atoms with Crippen LogP contribution < -0.4 is 0 Å². The molecule has 0 N–H and O–H groups in total. The molecule has 0 bridgehead atoms. The van der Waals surface area contributed by atoms with Gasteiger partial charge in [0.1, 0.15) is 6.10 Å². The molecular formula is C21H16O2. The first-order valence-electron chi connectivity index (χ1n) is 7.74. The molecule has 2 aromatic carbocycles. The van der Waals surface area contributed by atoms with E-state index in [1.165, 1.54) is 0 Å². The van der Waals surface area contributed by atoms with Crippen LogP contribution in [0.25, 0.3) is 6.08 Å². The van der Waals surface area contributed by atoms with Gasteiger partial charge in [-0.25, -0.2) is 4.79 Å². The maximum atomic E-state index is 12.2. The molecule has 1 aliphatic heterocycles. The van der Waals surface area contributed by atoms with Gasteiger partial charge in [0, 0.05) is 5.57 Å². The van der Waals surface area contributed by atoms with Crippen LogP contribution in [0.1, 0.15) is 17.2 Å². The van der Waals surface area contributed by atoms with Crippen LogP contribution >= 0.6 is 0 Å². The molecule has 0 aromatic heterocycles. The van der Waals surface area contributed by atoms with E-state index in [0.29, 0.717) is 0 Å². The van der Waals surface area contributed by atoms with Crippen LogP contribution in [0.3, 0.4) is 0 Å². The molecule has 4 rings (SSSR count). The second-order valence-corrected chi connectivity index (χ2v) is 5.75. The summed E-state index contributed by atoms with van der Waals surface area (Å²) in [6, 6.07) is 20.1. The zero-order valence-electron chi connectivity index (χ0n) is 12.6. The number of benzene rings is 2. The Labute approximate surface area is 135 Å². The largest absolute Gasteiger partial charge is 0.453 e. The number of rotatable bonds is 2. The third-order valence-corrected chi connectivity index (χ3v) is 4.29. The number of hydrogen-bond acceptors (Lipinski definition) is 2. The summed E-state index contributed by atoms with van der Waals surface area (Å²) in [5, 5.41) is 0. The Bertz CT molecular complexity index is 813. The summed E-state index contributed by atoms with van der Waals surface area (Å²) in [4.78, 5) is 12.2. The lowest BCUT2D eigenvalue weighted by Gasteiger charge is -2.21. The van der Waals surface area contributed by atoms with E-state index in [1.54, 1.807) is 0 Å². The van der Waals surface area contributed by atoms with Gasteiger partial charge in [0.15, 0.2) is 0 Å². The molecule has 2 unspecified atom stereocenters. The van der Waals surface area contributed by atoms with E-state index in [0.717, 1.165) is 22.3 Å². The predicted octanol–water partition coefficient (Wildman–Crippen LogP) is 4.48. The minimum Gasteiger partial charge on any atom is -0.453 e. The van der Waals surface area contributed by atoms with E-state index in [9.17, 15) is 4.79 Å². The molecule has 2 atom stereocenters.